The lowest BCUT2D eigenvalue weighted by molar-refractivity contribution is -0.135. The number of aryl methyl sites for hydroxylation is 1. The number of nitrogens with zero attached hydrogens (tertiary/aromatic N) is 5. The van der Waals surface area contributed by atoms with Crippen molar-refractivity contribution in [2.24, 2.45) is 4.99 Å². The Morgan fingerprint density at radius 1 is 1.21 bits per heavy atom. The van der Waals surface area contributed by atoms with Gasteiger partial charge in [-0.05, 0) is 26.2 Å². The van der Waals surface area contributed by atoms with Crippen molar-refractivity contribution in [3.63, 3.8) is 0 Å². The Labute approximate surface area is 196 Å². The quantitative estimate of drug-likeness (QED) is 0.344. The van der Waals surface area contributed by atoms with Crippen LogP contribution in [0.2, 0.25) is 0 Å². The molecule has 2 aliphatic heterocycles. The second-order valence-electron chi connectivity index (χ2n) is 7.53. The SMILES string of the molecule is CCc1cnc(CCNC(=NC)N2CCN(C(C)C(=O)N3CCCC3)CC2)s1.I. The summed E-state index contributed by atoms with van der Waals surface area (Å²) in [5.74, 6) is 1.24. The molecule has 1 aromatic rings. The Hall–Kier alpha value is -0.940. The maximum absolute atomic E-state index is 12.6. The number of nitrogens with one attached hydrogen (secondary N) is 1. The van der Waals surface area contributed by atoms with Crippen LogP contribution in [-0.4, -0.2) is 90.5 Å². The number of piperazine rings is 1. The summed E-state index contributed by atoms with van der Waals surface area (Å²) in [5.41, 5.74) is 0. The maximum atomic E-state index is 12.6. The molecular formula is C20H35IN6OS. The van der Waals surface area contributed by atoms with Gasteiger partial charge >= 0.3 is 0 Å². The molecule has 9 heteroatoms. The molecule has 164 valence electrons. The molecule has 3 heterocycles. The van der Waals surface area contributed by atoms with Crippen LogP contribution in [-0.2, 0) is 17.6 Å². The summed E-state index contributed by atoms with van der Waals surface area (Å²) in [5, 5.41) is 4.65. The standard InChI is InChI=1S/C20H34N6OS.HI/c1-4-17-15-23-18(28-17)7-8-22-20(21-3)26-13-11-24(12-14-26)16(2)19(27)25-9-5-6-10-25;/h15-16H,4-14H2,1-3H3,(H,21,22);1H. The van der Waals surface area contributed by atoms with Gasteiger partial charge in [0.2, 0.25) is 5.91 Å². The molecule has 2 saturated heterocycles. The van der Waals surface area contributed by atoms with Gasteiger partial charge in [-0.25, -0.2) is 4.98 Å². The van der Waals surface area contributed by atoms with Crippen LogP contribution in [0.15, 0.2) is 11.2 Å². The van der Waals surface area contributed by atoms with Crippen molar-refractivity contribution in [3.05, 3.63) is 16.1 Å². The van der Waals surface area contributed by atoms with Gasteiger partial charge < -0.3 is 15.1 Å². The number of guanidine groups is 1. The number of hydrogen-bond donors (Lipinski definition) is 1. The van der Waals surface area contributed by atoms with E-state index in [9.17, 15) is 4.79 Å². The third kappa shape index (κ3) is 6.52. The zero-order chi connectivity index (χ0) is 19.9. The molecule has 1 atom stereocenters. The van der Waals surface area contributed by atoms with E-state index in [1.54, 1.807) is 11.3 Å². The van der Waals surface area contributed by atoms with Crippen molar-refractivity contribution in [1.29, 1.82) is 0 Å². The fourth-order valence-corrected chi connectivity index (χ4v) is 4.78. The Morgan fingerprint density at radius 3 is 2.48 bits per heavy atom. The number of aromatic nitrogens is 1. The zero-order valence-electron chi connectivity index (χ0n) is 17.9. The first-order valence-corrected chi connectivity index (χ1v) is 11.4. The predicted octanol–water partition coefficient (Wildman–Crippen LogP) is 2.07. The average Bonchev–Trinajstić information content (AvgIpc) is 3.42. The molecule has 7 nitrogen and oxygen atoms in total. The third-order valence-electron chi connectivity index (χ3n) is 5.72. The Balaban J connectivity index is 0.00000300. The highest BCUT2D eigenvalue weighted by atomic mass is 127. The van der Waals surface area contributed by atoms with Crippen molar-refractivity contribution in [3.8, 4) is 0 Å². The zero-order valence-corrected chi connectivity index (χ0v) is 21.0. The smallest absolute Gasteiger partial charge is 0.239 e. The van der Waals surface area contributed by atoms with Gasteiger partial charge in [-0.1, -0.05) is 6.92 Å². The van der Waals surface area contributed by atoms with Crippen molar-refractivity contribution in [2.75, 3.05) is 52.9 Å². The Kier molecular flexibility index (Phi) is 10.1. The number of carbonyl (C=O) groups is 1. The fraction of sp³-hybridized carbons (Fsp3) is 0.750. The molecule has 0 saturated carbocycles. The van der Waals surface area contributed by atoms with E-state index in [0.29, 0.717) is 5.91 Å². The minimum atomic E-state index is -0.0205. The molecule has 1 aromatic heterocycles. The van der Waals surface area contributed by atoms with E-state index in [1.165, 1.54) is 9.88 Å². The lowest BCUT2D eigenvalue weighted by Gasteiger charge is -2.39. The number of thiazole rings is 1. The van der Waals surface area contributed by atoms with Crippen LogP contribution in [0.3, 0.4) is 0 Å². The molecule has 1 N–H and O–H groups in total. The van der Waals surface area contributed by atoms with E-state index in [4.69, 9.17) is 0 Å². The summed E-state index contributed by atoms with van der Waals surface area (Å²) in [6.07, 6.45) is 6.25. The van der Waals surface area contributed by atoms with E-state index in [2.05, 4.69) is 38.9 Å². The monoisotopic (exact) mass is 534 g/mol. The molecule has 0 bridgehead atoms. The van der Waals surface area contributed by atoms with Crippen LogP contribution in [0.25, 0.3) is 0 Å². The summed E-state index contributed by atoms with van der Waals surface area (Å²) in [6.45, 7) is 10.5. The van der Waals surface area contributed by atoms with Gasteiger partial charge in [0.25, 0.3) is 0 Å². The highest BCUT2D eigenvalue weighted by Crippen LogP contribution is 2.15. The Bertz CT molecular complexity index is 668. The molecule has 0 spiro atoms. The van der Waals surface area contributed by atoms with Crippen molar-refractivity contribution in [2.45, 2.75) is 45.6 Å². The lowest BCUT2D eigenvalue weighted by Crippen LogP contribution is -2.57. The van der Waals surface area contributed by atoms with Crippen molar-refractivity contribution in [1.82, 2.24) is 25.0 Å². The summed E-state index contributed by atoms with van der Waals surface area (Å²) >= 11 is 1.80. The first-order valence-electron chi connectivity index (χ1n) is 10.5. The maximum Gasteiger partial charge on any atom is 0.239 e. The first kappa shape index (κ1) is 24.3. The topological polar surface area (TPSA) is 64.1 Å². The van der Waals surface area contributed by atoms with Gasteiger partial charge in [-0.15, -0.1) is 35.3 Å². The van der Waals surface area contributed by atoms with Gasteiger partial charge in [0.15, 0.2) is 5.96 Å². The number of aliphatic imine (C=N–C) groups is 1. The van der Waals surface area contributed by atoms with Gasteiger partial charge in [-0.2, -0.15) is 0 Å². The van der Waals surface area contributed by atoms with Crippen LogP contribution >= 0.6 is 35.3 Å². The van der Waals surface area contributed by atoms with Crippen LogP contribution < -0.4 is 5.32 Å². The van der Waals surface area contributed by atoms with Gasteiger partial charge in [0, 0.05) is 70.4 Å². The third-order valence-corrected chi connectivity index (χ3v) is 6.92. The largest absolute Gasteiger partial charge is 0.356 e. The molecule has 1 unspecified atom stereocenters. The van der Waals surface area contributed by atoms with Crippen LogP contribution in [0.1, 0.15) is 36.6 Å². The first-order chi connectivity index (χ1) is 13.6. The highest BCUT2D eigenvalue weighted by Gasteiger charge is 2.30. The van der Waals surface area contributed by atoms with E-state index in [1.807, 2.05) is 18.1 Å². The van der Waals surface area contributed by atoms with Crippen LogP contribution in [0.5, 0.6) is 0 Å². The summed E-state index contributed by atoms with van der Waals surface area (Å²) in [4.78, 5) is 29.6. The number of carbonyl (C=O) groups excluding carboxylic acids is 1. The molecule has 2 fully saturated rings. The van der Waals surface area contributed by atoms with Gasteiger partial charge in [0.1, 0.15) is 0 Å². The van der Waals surface area contributed by atoms with E-state index >= 15 is 0 Å². The summed E-state index contributed by atoms with van der Waals surface area (Å²) in [7, 11) is 1.84. The van der Waals surface area contributed by atoms with E-state index < -0.39 is 0 Å². The van der Waals surface area contributed by atoms with Crippen LogP contribution in [0, 0.1) is 0 Å². The second-order valence-corrected chi connectivity index (χ2v) is 8.73. The number of likely N-dealkylation sites (tertiary alicyclic amines) is 1. The normalized spacial score (nSPS) is 19.2. The van der Waals surface area contributed by atoms with Gasteiger partial charge in [-0.3, -0.25) is 14.7 Å². The fourth-order valence-electron chi connectivity index (χ4n) is 3.92. The van der Waals surface area contributed by atoms with E-state index in [0.717, 1.165) is 77.5 Å². The van der Waals surface area contributed by atoms with Crippen molar-refractivity contribution >= 4 is 47.2 Å². The molecule has 0 aliphatic carbocycles. The molecule has 29 heavy (non-hydrogen) atoms. The second kappa shape index (κ2) is 12.0. The number of hydrogen-bond acceptors (Lipinski definition) is 5. The number of amides is 1. The lowest BCUT2D eigenvalue weighted by atomic mass is 10.2. The highest BCUT2D eigenvalue weighted by molar-refractivity contribution is 14.0. The number of halogens is 1. The summed E-state index contributed by atoms with van der Waals surface area (Å²) < 4.78 is 0. The molecule has 0 aromatic carbocycles. The Morgan fingerprint density at radius 2 is 1.90 bits per heavy atom. The van der Waals surface area contributed by atoms with Crippen molar-refractivity contribution < 1.29 is 4.79 Å². The average molecular weight is 535 g/mol. The molecule has 2 aliphatic rings. The summed E-state index contributed by atoms with van der Waals surface area (Å²) in [6, 6.07) is -0.0205. The minimum Gasteiger partial charge on any atom is -0.356 e. The van der Waals surface area contributed by atoms with Gasteiger partial charge in [0.05, 0.1) is 11.0 Å². The molecule has 3 rings (SSSR count). The van der Waals surface area contributed by atoms with Crippen LogP contribution in [0.4, 0.5) is 0 Å². The van der Waals surface area contributed by atoms with E-state index in [-0.39, 0.29) is 30.0 Å². The minimum absolute atomic E-state index is 0. The number of rotatable bonds is 6. The predicted molar refractivity (Wildman–Crippen MR) is 130 cm³/mol. The molecular weight excluding hydrogens is 499 g/mol. The molecule has 1 amide bonds. The molecule has 0 radical (unpaired) electrons.